The van der Waals surface area contributed by atoms with E-state index in [1.165, 1.54) is 6.07 Å². The molecule has 0 atom stereocenters. The van der Waals surface area contributed by atoms with Crippen molar-refractivity contribution in [2.24, 2.45) is 0 Å². The van der Waals surface area contributed by atoms with E-state index in [0.29, 0.717) is 0 Å². The zero-order chi connectivity index (χ0) is 12.5. The molecule has 0 bridgehead atoms. The lowest BCUT2D eigenvalue weighted by atomic mass is 10.2. The Morgan fingerprint density at radius 1 is 1.56 bits per heavy atom. The predicted molar refractivity (Wildman–Crippen MR) is 54.6 cm³/mol. The van der Waals surface area contributed by atoms with Crippen LogP contribution < -0.4 is 0 Å². The molecule has 0 unspecified atom stereocenters. The van der Waals surface area contributed by atoms with Crippen LogP contribution in [0.1, 0.15) is 17.7 Å². The van der Waals surface area contributed by atoms with Gasteiger partial charge in [-0.3, -0.25) is 0 Å². The predicted octanol–water partition coefficient (Wildman–Crippen LogP) is 2.58. The Bertz CT molecular complexity index is 570. The zero-order valence-electron chi connectivity index (χ0n) is 7.29. The highest BCUT2D eigenvalue weighted by Crippen LogP contribution is 2.32. The molecular formula is C7H2BrClF2N2O2S. The first kappa shape index (κ1) is 13.3. The number of alkyl halides is 2. The van der Waals surface area contributed by atoms with Crippen LogP contribution in [0.25, 0.3) is 0 Å². The van der Waals surface area contributed by atoms with E-state index in [1.807, 2.05) is 0 Å². The van der Waals surface area contributed by atoms with Gasteiger partial charge < -0.3 is 0 Å². The summed E-state index contributed by atoms with van der Waals surface area (Å²) in [5, 5.41) is 8.61. The number of aromatic nitrogens is 1. The molecule has 86 valence electrons. The van der Waals surface area contributed by atoms with Crippen molar-refractivity contribution in [2.45, 2.75) is 11.3 Å². The Morgan fingerprint density at radius 3 is 2.50 bits per heavy atom. The molecule has 0 saturated heterocycles. The van der Waals surface area contributed by atoms with E-state index in [0.717, 1.165) is 6.07 Å². The largest absolute Gasteiger partial charge is 0.265 e. The summed E-state index contributed by atoms with van der Waals surface area (Å²) in [4.78, 5) is 2.51. The number of hydrogen-bond donors (Lipinski definition) is 0. The molecule has 0 saturated carbocycles. The molecule has 0 aliphatic carbocycles. The van der Waals surface area contributed by atoms with Crippen LogP contribution in [0.3, 0.4) is 0 Å². The van der Waals surface area contributed by atoms with Gasteiger partial charge in [-0.25, -0.2) is 22.2 Å². The maximum atomic E-state index is 12.6. The second kappa shape index (κ2) is 4.61. The quantitative estimate of drug-likeness (QED) is 0.617. The van der Waals surface area contributed by atoms with Gasteiger partial charge in [-0.1, -0.05) is 0 Å². The summed E-state index contributed by atoms with van der Waals surface area (Å²) in [6, 6.07) is 2.21. The maximum Gasteiger partial charge on any atom is 0.265 e. The number of halogens is 4. The fourth-order valence-corrected chi connectivity index (χ4v) is 2.68. The minimum absolute atomic E-state index is 0.0663. The van der Waals surface area contributed by atoms with Crippen molar-refractivity contribution in [2.75, 3.05) is 0 Å². The van der Waals surface area contributed by atoms with Crippen LogP contribution in [0.15, 0.2) is 15.6 Å². The fraction of sp³-hybridized carbons (Fsp3) is 0.143. The first-order valence-corrected chi connectivity index (χ1v) is 6.71. The molecule has 4 nitrogen and oxygen atoms in total. The fourth-order valence-electron chi connectivity index (χ4n) is 1.01. The summed E-state index contributed by atoms with van der Waals surface area (Å²) in [7, 11) is 0.525. The van der Waals surface area contributed by atoms with Crippen molar-refractivity contribution in [3.8, 4) is 6.07 Å². The van der Waals surface area contributed by atoms with Gasteiger partial charge in [0.05, 0.1) is 0 Å². The Labute approximate surface area is 102 Å². The second-order valence-corrected chi connectivity index (χ2v) is 5.88. The van der Waals surface area contributed by atoms with Crippen LogP contribution in [-0.4, -0.2) is 13.4 Å². The Balaban J connectivity index is 3.74. The number of nitriles is 1. The molecule has 0 N–H and O–H groups in total. The average Bonchev–Trinajstić information content (AvgIpc) is 2.14. The number of nitrogens with zero attached hydrogens (tertiary/aromatic N) is 2. The van der Waals surface area contributed by atoms with E-state index in [1.54, 1.807) is 0 Å². The summed E-state index contributed by atoms with van der Waals surface area (Å²) in [5.41, 5.74) is -1.52. The molecule has 0 spiro atoms. The highest BCUT2D eigenvalue weighted by Gasteiger charge is 2.27. The standard InChI is InChI=1S/C7H2BrClF2N2O2S/c8-5-1-3(7(10)11)6(16(9,14)15)4(2-12)13-5/h1,7H. The lowest BCUT2D eigenvalue weighted by Gasteiger charge is -2.07. The van der Waals surface area contributed by atoms with Crippen LogP contribution in [0, 0.1) is 11.3 Å². The number of hydrogen-bond acceptors (Lipinski definition) is 4. The van der Waals surface area contributed by atoms with Gasteiger partial charge in [-0.2, -0.15) is 5.26 Å². The molecule has 0 aliphatic heterocycles. The third kappa shape index (κ3) is 2.66. The van der Waals surface area contributed by atoms with Crippen molar-refractivity contribution < 1.29 is 17.2 Å². The molecule has 1 aromatic heterocycles. The summed E-state index contributed by atoms with van der Waals surface area (Å²) >= 11 is 2.79. The van der Waals surface area contributed by atoms with Crippen LogP contribution >= 0.6 is 26.6 Å². The molecule has 0 aliphatic rings. The average molecular weight is 332 g/mol. The summed E-state index contributed by atoms with van der Waals surface area (Å²) in [5.74, 6) is 0. The molecule has 9 heteroatoms. The Morgan fingerprint density at radius 2 is 2.12 bits per heavy atom. The molecule has 0 amide bonds. The molecule has 0 radical (unpaired) electrons. The van der Waals surface area contributed by atoms with Gasteiger partial charge in [0, 0.05) is 16.2 Å². The second-order valence-electron chi connectivity index (χ2n) is 2.56. The molecule has 1 heterocycles. The minimum atomic E-state index is -4.45. The molecule has 1 rings (SSSR count). The van der Waals surface area contributed by atoms with Crippen LogP contribution in [0.2, 0.25) is 0 Å². The van der Waals surface area contributed by atoms with Gasteiger partial charge in [0.2, 0.25) is 0 Å². The van der Waals surface area contributed by atoms with Crippen molar-refractivity contribution in [3.05, 3.63) is 21.9 Å². The lowest BCUT2D eigenvalue weighted by Crippen LogP contribution is -2.05. The topological polar surface area (TPSA) is 70.8 Å². The highest BCUT2D eigenvalue weighted by molar-refractivity contribution is 9.10. The van der Waals surface area contributed by atoms with Gasteiger partial charge in [-0.15, -0.1) is 0 Å². The van der Waals surface area contributed by atoms with Crippen LogP contribution in [0.5, 0.6) is 0 Å². The first-order valence-electron chi connectivity index (χ1n) is 3.60. The van der Waals surface area contributed by atoms with Crippen LogP contribution in [-0.2, 0) is 9.05 Å². The summed E-state index contributed by atoms with van der Waals surface area (Å²) in [6.07, 6.45) is -3.07. The zero-order valence-corrected chi connectivity index (χ0v) is 10.4. The summed E-state index contributed by atoms with van der Waals surface area (Å²) < 4.78 is 47.2. The monoisotopic (exact) mass is 330 g/mol. The van der Waals surface area contributed by atoms with Gasteiger partial charge >= 0.3 is 0 Å². The highest BCUT2D eigenvalue weighted by atomic mass is 79.9. The number of pyridine rings is 1. The molecule has 0 aromatic carbocycles. The van der Waals surface area contributed by atoms with Gasteiger partial charge in [0.1, 0.15) is 15.6 Å². The van der Waals surface area contributed by atoms with Crippen molar-refractivity contribution in [3.63, 3.8) is 0 Å². The molecule has 1 aromatic rings. The lowest BCUT2D eigenvalue weighted by molar-refractivity contribution is 0.147. The van der Waals surface area contributed by atoms with Gasteiger partial charge in [-0.05, 0) is 22.0 Å². The van der Waals surface area contributed by atoms with E-state index in [9.17, 15) is 17.2 Å². The Kier molecular flexibility index (Phi) is 3.83. The van der Waals surface area contributed by atoms with Crippen molar-refractivity contribution in [1.29, 1.82) is 5.26 Å². The maximum absolute atomic E-state index is 12.6. The van der Waals surface area contributed by atoms with Crippen molar-refractivity contribution in [1.82, 2.24) is 4.98 Å². The number of rotatable bonds is 2. The summed E-state index contributed by atoms with van der Waals surface area (Å²) in [6.45, 7) is 0. The normalized spacial score (nSPS) is 11.5. The minimum Gasteiger partial charge on any atom is -0.229 e. The third-order valence-electron chi connectivity index (χ3n) is 1.56. The molecular weight excluding hydrogens is 330 g/mol. The van der Waals surface area contributed by atoms with Gasteiger partial charge in [0.15, 0.2) is 5.69 Å². The van der Waals surface area contributed by atoms with E-state index in [2.05, 4.69) is 20.9 Å². The van der Waals surface area contributed by atoms with E-state index >= 15 is 0 Å². The van der Waals surface area contributed by atoms with Gasteiger partial charge in [0.25, 0.3) is 15.5 Å². The SMILES string of the molecule is N#Cc1nc(Br)cc(C(F)F)c1S(=O)(=O)Cl. The Hall–Kier alpha value is -0.780. The smallest absolute Gasteiger partial charge is 0.229 e. The van der Waals surface area contributed by atoms with E-state index in [-0.39, 0.29) is 4.60 Å². The molecule has 16 heavy (non-hydrogen) atoms. The third-order valence-corrected chi connectivity index (χ3v) is 3.34. The first-order chi connectivity index (χ1) is 7.27. The molecule has 0 fully saturated rings. The van der Waals surface area contributed by atoms with E-state index < -0.39 is 31.6 Å². The van der Waals surface area contributed by atoms with E-state index in [4.69, 9.17) is 15.9 Å². The van der Waals surface area contributed by atoms with Crippen LogP contribution in [0.4, 0.5) is 8.78 Å². The van der Waals surface area contributed by atoms with Crippen molar-refractivity contribution >= 4 is 35.7 Å².